The predicted molar refractivity (Wildman–Crippen MR) is 77.5 cm³/mol. The molecule has 0 aromatic carbocycles. The Bertz CT molecular complexity index is 266. The van der Waals surface area contributed by atoms with Crippen molar-refractivity contribution >= 4 is 5.91 Å². The number of amides is 1. The van der Waals surface area contributed by atoms with E-state index in [1.54, 1.807) is 0 Å². The summed E-state index contributed by atoms with van der Waals surface area (Å²) >= 11 is 0. The van der Waals surface area contributed by atoms with Crippen LogP contribution in [0, 0.1) is 0 Å². The second-order valence-electron chi connectivity index (χ2n) is 5.97. The first-order valence-corrected chi connectivity index (χ1v) is 6.97. The summed E-state index contributed by atoms with van der Waals surface area (Å²) in [6, 6.07) is 1.03. The SMILES string of the molecule is CCN(C(C)C)C(C)CC(C)(NC(C)C)C(N)=O. The van der Waals surface area contributed by atoms with Crippen molar-refractivity contribution < 1.29 is 4.79 Å². The molecule has 18 heavy (non-hydrogen) atoms. The predicted octanol–water partition coefficient (Wildman–Crippen LogP) is 1.74. The van der Waals surface area contributed by atoms with E-state index in [1.165, 1.54) is 0 Å². The number of nitrogens with one attached hydrogen (secondary N) is 1. The molecular formula is C14H31N3O. The highest BCUT2D eigenvalue weighted by Crippen LogP contribution is 2.18. The van der Waals surface area contributed by atoms with Gasteiger partial charge in [0.2, 0.25) is 5.91 Å². The molecule has 108 valence electrons. The molecule has 4 heteroatoms. The largest absolute Gasteiger partial charge is 0.368 e. The summed E-state index contributed by atoms with van der Waals surface area (Å²) < 4.78 is 0. The summed E-state index contributed by atoms with van der Waals surface area (Å²) in [6.07, 6.45) is 0.729. The zero-order chi connectivity index (χ0) is 14.5. The first kappa shape index (κ1) is 17.4. The van der Waals surface area contributed by atoms with Crippen molar-refractivity contribution in [2.24, 2.45) is 5.73 Å². The van der Waals surface area contributed by atoms with Crippen LogP contribution in [0.4, 0.5) is 0 Å². The Kier molecular flexibility index (Phi) is 6.86. The fourth-order valence-electron chi connectivity index (χ4n) is 2.76. The van der Waals surface area contributed by atoms with Crippen molar-refractivity contribution in [3.63, 3.8) is 0 Å². The highest BCUT2D eigenvalue weighted by Gasteiger charge is 2.34. The average Bonchev–Trinajstić information content (AvgIpc) is 2.15. The zero-order valence-electron chi connectivity index (χ0n) is 13.1. The second kappa shape index (κ2) is 7.10. The van der Waals surface area contributed by atoms with Crippen molar-refractivity contribution in [1.82, 2.24) is 10.2 Å². The summed E-state index contributed by atoms with van der Waals surface area (Å²) in [5.41, 5.74) is 4.92. The van der Waals surface area contributed by atoms with Crippen molar-refractivity contribution in [2.75, 3.05) is 6.54 Å². The molecule has 0 saturated heterocycles. The minimum Gasteiger partial charge on any atom is -0.368 e. The molecule has 0 radical (unpaired) electrons. The van der Waals surface area contributed by atoms with Gasteiger partial charge < -0.3 is 11.1 Å². The minimum atomic E-state index is -0.643. The lowest BCUT2D eigenvalue weighted by atomic mass is 9.90. The van der Waals surface area contributed by atoms with E-state index < -0.39 is 5.54 Å². The molecule has 0 aromatic heterocycles. The van der Waals surface area contributed by atoms with Gasteiger partial charge in [-0.2, -0.15) is 0 Å². The average molecular weight is 257 g/mol. The van der Waals surface area contributed by atoms with E-state index in [0.29, 0.717) is 12.1 Å². The summed E-state index contributed by atoms with van der Waals surface area (Å²) in [5.74, 6) is -0.275. The highest BCUT2D eigenvalue weighted by molar-refractivity contribution is 5.84. The van der Waals surface area contributed by atoms with Crippen LogP contribution in [0.2, 0.25) is 0 Å². The van der Waals surface area contributed by atoms with Crippen LogP contribution in [-0.2, 0) is 4.79 Å². The first-order chi connectivity index (χ1) is 8.14. The van der Waals surface area contributed by atoms with E-state index in [9.17, 15) is 4.79 Å². The van der Waals surface area contributed by atoms with Crippen LogP contribution >= 0.6 is 0 Å². The number of hydrogen-bond donors (Lipinski definition) is 2. The van der Waals surface area contributed by atoms with Gasteiger partial charge in [0.25, 0.3) is 0 Å². The van der Waals surface area contributed by atoms with Crippen LogP contribution in [-0.4, -0.2) is 41.0 Å². The number of nitrogens with two attached hydrogens (primary N) is 1. The fourth-order valence-corrected chi connectivity index (χ4v) is 2.76. The van der Waals surface area contributed by atoms with E-state index in [-0.39, 0.29) is 11.9 Å². The number of carbonyl (C=O) groups is 1. The first-order valence-electron chi connectivity index (χ1n) is 6.97. The van der Waals surface area contributed by atoms with Crippen molar-refractivity contribution in [2.45, 2.75) is 78.6 Å². The molecule has 1 amide bonds. The van der Waals surface area contributed by atoms with E-state index in [1.807, 2.05) is 20.8 Å². The smallest absolute Gasteiger partial charge is 0.237 e. The molecule has 0 heterocycles. The van der Waals surface area contributed by atoms with Crippen molar-refractivity contribution in [1.29, 1.82) is 0 Å². The fraction of sp³-hybridized carbons (Fsp3) is 0.929. The molecule has 0 spiro atoms. The lowest BCUT2D eigenvalue weighted by Gasteiger charge is -2.38. The Morgan fingerprint density at radius 1 is 1.28 bits per heavy atom. The monoisotopic (exact) mass is 257 g/mol. The van der Waals surface area contributed by atoms with Gasteiger partial charge in [-0.25, -0.2) is 0 Å². The molecule has 0 aliphatic heterocycles. The van der Waals surface area contributed by atoms with E-state index in [4.69, 9.17) is 5.73 Å². The zero-order valence-corrected chi connectivity index (χ0v) is 13.1. The van der Waals surface area contributed by atoms with Gasteiger partial charge in [-0.1, -0.05) is 6.92 Å². The van der Waals surface area contributed by atoms with Crippen molar-refractivity contribution in [3.8, 4) is 0 Å². The molecule has 3 N–H and O–H groups in total. The third-order valence-corrected chi connectivity index (χ3v) is 3.45. The number of carbonyl (C=O) groups excluding carboxylic acids is 1. The van der Waals surface area contributed by atoms with Gasteiger partial charge in [0.15, 0.2) is 0 Å². The van der Waals surface area contributed by atoms with Gasteiger partial charge in [0.05, 0.1) is 5.54 Å². The quantitative estimate of drug-likeness (QED) is 0.696. The molecule has 2 unspecified atom stereocenters. The Morgan fingerprint density at radius 2 is 1.78 bits per heavy atom. The summed E-state index contributed by atoms with van der Waals surface area (Å²) in [7, 11) is 0. The minimum absolute atomic E-state index is 0.240. The summed E-state index contributed by atoms with van der Waals surface area (Å²) in [5, 5.41) is 3.30. The van der Waals surface area contributed by atoms with Crippen LogP contribution in [0.1, 0.15) is 54.9 Å². The Hall–Kier alpha value is -0.610. The van der Waals surface area contributed by atoms with Crippen LogP contribution in [0.3, 0.4) is 0 Å². The van der Waals surface area contributed by atoms with Crippen LogP contribution in [0.15, 0.2) is 0 Å². The lowest BCUT2D eigenvalue weighted by Crippen LogP contribution is -2.58. The molecule has 0 aliphatic rings. The number of hydrogen-bond acceptors (Lipinski definition) is 3. The maximum Gasteiger partial charge on any atom is 0.237 e. The standard InChI is InChI=1S/C14H31N3O/c1-8-17(11(4)5)12(6)9-14(7,13(15)18)16-10(2)3/h10-12,16H,8-9H2,1-7H3,(H2,15,18). The molecule has 4 nitrogen and oxygen atoms in total. The number of rotatable bonds is 8. The topological polar surface area (TPSA) is 58.4 Å². The van der Waals surface area contributed by atoms with Crippen LogP contribution in [0.5, 0.6) is 0 Å². The van der Waals surface area contributed by atoms with E-state index in [0.717, 1.165) is 13.0 Å². The maximum absolute atomic E-state index is 11.7. The normalized spacial score (nSPS) is 17.2. The summed E-state index contributed by atoms with van der Waals surface area (Å²) in [4.78, 5) is 14.1. The second-order valence-corrected chi connectivity index (χ2v) is 5.97. The Labute approximate surface area is 112 Å². The molecule has 0 aromatic rings. The number of nitrogens with zero attached hydrogens (tertiary/aromatic N) is 1. The van der Waals surface area contributed by atoms with Gasteiger partial charge in [0.1, 0.15) is 0 Å². The van der Waals surface area contributed by atoms with Gasteiger partial charge >= 0.3 is 0 Å². The molecule has 0 aliphatic carbocycles. The van der Waals surface area contributed by atoms with Crippen LogP contribution < -0.4 is 11.1 Å². The van der Waals surface area contributed by atoms with Gasteiger partial charge in [0, 0.05) is 18.1 Å². The molecule has 2 atom stereocenters. The Morgan fingerprint density at radius 3 is 2.06 bits per heavy atom. The Balaban J connectivity index is 4.82. The third-order valence-electron chi connectivity index (χ3n) is 3.45. The molecule has 0 saturated carbocycles. The molecule has 0 fully saturated rings. The molecule has 0 rings (SSSR count). The van der Waals surface area contributed by atoms with Crippen molar-refractivity contribution in [3.05, 3.63) is 0 Å². The van der Waals surface area contributed by atoms with Gasteiger partial charge in [-0.3, -0.25) is 9.69 Å². The number of primary amides is 1. The van der Waals surface area contributed by atoms with E-state index >= 15 is 0 Å². The third kappa shape index (κ3) is 4.94. The molecule has 0 bridgehead atoms. The molecular weight excluding hydrogens is 226 g/mol. The lowest BCUT2D eigenvalue weighted by molar-refractivity contribution is -0.125. The van der Waals surface area contributed by atoms with Gasteiger partial charge in [-0.05, 0) is 54.5 Å². The van der Waals surface area contributed by atoms with E-state index in [2.05, 4.69) is 37.9 Å². The van der Waals surface area contributed by atoms with Gasteiger partial charge in [-0.15, -0.1) is 0 Å². The highest BCUT2D eigenvalue weighted by atomic mass is 16.1. The maximum atomic E-state index is 11.7. The van der Waals surface area contributed by atoms with Crippen LogP contribution in [0.25, 0.3) is 0 Å². The summed E-state index contributed by atoms with van der Waals surface area (Å²) in [6.45, 7) is 15.6.